The molecule has 4 rings (SSSR count). The molecule has 0 aliphatic rings. The van der Waals surface area contributed by atoms with Crippen LogP contribution in [0, 0.1) is 12.7 Å². The lowest BCUT2D eigenvalue weighted by molar-refractivity contribution is 0.620. The molecule has 0 atom stereocenters. The van der Waals surface area contributed by atoms with Gasteiger partial charge in [0.1, 0.15) is 5.82 Å². The number of benzene rings is 3. The molecule has 30 heavy (non-hydrogen) atoms. The van der Waals surface area contributed by atoms with E-state index in [1.54, 1.807) is 30.3 Å². The highest BCUT2D eigenvalue weighted by Crippen LogP contribution is 2.36. The molecule has 0 radical (unpaired) electrons. The minimum atomic E-state index is -0.294. The quantitative estimate of drug-likeness (QED) is 0.287. The molecule has 0 fully saturated rings. The first kappa shape index (κ1) is 21.2. The summed E-state index contributed by atoms with van der Waals surface area (Å²) in [5, 5.41) is 6.66. The minimum absolute atomic E-state index is 0.294. The van der Waals surface area contributed by atoms with Crippen molar-refractivity contribution in [1.82, 2.24) is 9.78 Å². The third kappa shape index (κ3) is 4.21. The maximum absolute atomic E-state index is 13.7. The number of hydrogen-bond donors (Lipinski definition) is 0. The average Bonchev–Trinajstić information content (AvgIpc) is 3.02. The molecule has 7 heteroatoms. The van der Waals surface area contributed by atoms with Crippen LogP contribution in [-0.4, -0.2) is 9.78 Å². The zero-order chi connectivity index (χ0) is 21.4. The van der Waals surface area contributed by atoms with Crippen LogP contribution in [-0.2, 0) is 6.54 Å². The Balaban J connectivity index is 1.90. The maximum Gasteiger partial charge on any atom is 0.123 e. The Hall–Kier alpha value is -2.04. The molecule has 0 saturated heterocycles. The molecule has 2 nitrogen and oxygen atoms in total. The summed E-state index contributed by atoms with van der Waals surface area (Å²) in [6, 6.07) is 17.3. The Morgan fingerprint density at radius 3 is 2.07 bits per heavy atom. The monoisotopic (exact) mass is 478 g/mol. The molecule has 0 N–H and O–H groups in total. The largest absolute Gasteiger partial charge is 0.260 e. The van der Waals surface area contributed by atoms with E-state index in [-0.39, 0.29) is 5.82 Å². The van der Waals surface area contributed by atoms with Crippen molar-refractivity contribution in [3.63, 3.8) is 0 Å². The molecule has 3 aromatic carbocycles. The predicted molar refractivity (Wildman–Crippen MR) is 123 cm³/mol. The number of halogens is 5. The van der Waals surface area contributed by atoms with Crippen molar-refractivity contribution in [2.75, 3.05) is 0 Å². The second-order valence-corrected chi connectivity index (χ2v) is 8.50. The van der Waals surface area contributed by atoms with Gasteiger partial charge in [0.25, 0.3) is 0 Å². The lowest BCUT2D eigenvalue weighted by Crippen LogP contribution is -2.04. The first-order valence-corrected chi connectivity index (χ1v) is 10.6. The molecular weight excluding hydrogens is 465 g/mol. The van der Waals surface area contributed by atoms with Gasteiger partial charge in [0, 0.05) is 16.7 Å². The summed E-state index contributed by atoms with van der Waals surface area (Å²) in [7, 11) is 0. The summed E-state index contributed by atoms with van der Waals surface area (Å²) in [5.74, 6) is -0.294. The summed E-state index contributed by atoms with van der Waals surface area (Å²) in [6.07, 6.45) is 0. The van der Waals surface area contributed by atoms with E-state index in [0.29, 0.717) is 26.6 Å². The molecule has 0 spiro atoms. The molecular formula is C23H15Cl4FN2. The van der Waals surface area contributed by atoms with E-state index >= 15 is 0 Å². The minimum Gasteiger partial charge on any atom is -0.260 e. The van der Waals surface area contributed by atoms with Crippen LogP contribution in [0.4, 0.5) is 4.39 Å². The highest BCUT2D eigenvalue weighted by Gasteiger charge is 2.19. The van der Waals surface area contributed by atoms with Gasteiger partial charge in [0.15, 0.2) is 0 Å². The number of rotatable bonds is 4. The molecule has 4 aromatic rings. The fourth-order valence-electron chi connectivity index (χ4n) is 3.40. The van der Waals surface area contributed by atoms with Crippen LogP contribution in [0.1, 0.15) is 11.1 Å². The van der Waals surface area contributed by atoms with Crippen molar-refractivity contribution in [3.05, 3.63) is 97.7 Å². The number of hydrogen-bond acceptors (Lipinski definition) is 1. The lowest BCUT2D eigenvalue weighted by atomic mass is 10.0. The van der Waals surface area contributed by atoms with Crippen LogP contribution in [0.2, 0.25) is 20.1 Å². The molecule has 1 heterocycles. The molecule has 0 amide bonds. The van der Waals surface area contributed by atoms with Gasteiger partial charge >= 0.3 is 0 Å². The predicted octanol–water partition coefficient (Wildman–Crippen LogP) is 8.33. The van der Waals surface area contributed by atoms with Crippen LogP contribution in [0.5, 0.6) is 0 Å². The second-order valence-electron chi connectivity index (χ2n) is 6.87. The smallest absolute Gasteiger partial charge is 0.123 e. The summed E-state index contributed by atoms with van der Waals surface area (Å²) in [4.78, 5) is 0. The Kier molecular flexibility index (Phi) is 6.08. The lowest BCUT2D eigenvalue weighted by Gasteiger charge is -2.10. The van der Waals surface area contributed by atoms with E-state index in [0.717, 1.165) is 33.6 Å². The first-order chi connectivity index (χ1) is 14.3. The highest BCUT2D eigenvalue weighted by molar-refractivity contribution is 6.42. The molecule has 0 aliphatic heterocycles. The van der Waals surface area contributed by atoms with Crippen LogP contribution < -0.4 is 0 Å². The molecule has 0 aliphatic carbocycles. The average molecular weight is 480 g/mol. The topological polar surface area (TPSA) is 17.8 Å². The van der Waals surface area contributed by atoms with E-state index in [9.17, 15) is 4.39 Å². The van der Waals surface area contributed by atoms with Gasteiger partial charge in [-0.25, -0.2) is 4.39 Å². The van der Waals surface area contributed by atoms with Crippen molar-refractivity contribution < 1.29 is 4.39 Å². The normalized spacial score (nSPS) is 11.1. The van der Waals surface area contributed by atoms with Crippen LogP contribution in [0.15, 0.2) is 60.7 Å². The zero-order valence-electron chi connectivity index (χ0n) is 15.8. The standard InChI is InChI=1S/C23H15Cl4FN2/c1-13-22(15-5-7-18(24)20(26)10-15)29-30(12-14-3-2-4-17(28)9-14)23(13)16-6-8-19(25)21(27)11-16/h2-11H,12H2,1H3. The molecule has 1 aromatic heterocycles. The fraction of sp³-hybridized carbons (Fsp3) is 0.0870. The van der Waals surface area contributed by atoms with E-state index in [1.165, 1.54) is 12.1 Å². The van der Waals surface area contributed by atoms with Crippen molar-refractivity contribution >= 4 is 46.4 Å². The van der Waals surface area contributed by atoms with E-state index in [1.807, 2.05) is 29.8 Å². The first-order valence-electron chi connectivity index (χ1n) is 9.06. The van der Waals surface area contributed by atoms with Gasteiger partial charge in [-0.2, -0.15) is 5.10 Å². The van der Waals surface area contributed by atoms with E-state index < -0.39 is 0 Å². The van der Waals surface area contributed by atoms with E-state index in [2.05, 4.69) is 0 Å². The summed E-state index contributed by atoms with van der Waals surface area (Å²) < 4.78 is 15.6. The van der Waals surface area contributed by atoms with Crippen LogP contribution in [0.25, 0.3) is 22.5 Å². The fourth-order valence-corrected chi connectivity index (χ4v) is 4.00. The molecule has 152 valence electrons. The van der Waals surface area contributed by atoms with Crippen molar-refractivity contribution in [2.24, 2.45) is 0 Å². The Morgan fingerprint density at radius 2 is 1.43 bits per heavy atom. The Morgan fingerprint density at radius 1 is 0.800 bits per heavy atom. The summed E-state index contributed by atoms with van der Waals surface area (Å²) in [6.45, 7) is 2.36. The van der Waals surface area contributed by atoms with Gasteiger partial charge in [-0.3, -0.25) is 4.68 Å². The second kappa shape index (κ2) is 8.60. The van der Waals surface area contributed by atoms with Crippen LogP contribution >= 0.6 is 46.4 Å². The number of aromatic nitrogens is 2. The third-order valence-electron chi connectivity index (χ3n) is 4.80. The molecule has 0 saturated carbocycles. The molecule has 0 bridgehead atoms. The van der Waals surface area contributed by atoms with Gasteiger partial charge in [0.2, 0.25) is 0 Å². The van der Waals surface area contributed by atoms with Gasteiger partial charge in [0.05, 0.1) is 38.0 Å². The Bertz CT molecular complexity index is 1250. The van der Waals surface area contributed by atoms with Gasteiger partial charge in [-0.1, -0.05) is 70.7 Å². The zero-order valence-corrected chi connectivity index (χ0v) is 18.8. The van der Waals surface area contributed by atoms with Gasteiger partial charge in [-0.05, 0) is 48.9 Å². The van der Waals surface area contributed by atoms with E-state index in [4.69, 9.17) is 51.5 Å². The third-order valence-corrected chi connectivity index (χ3v) is 6.27. The van der Waals surface area contributed by atoms with Gasteiger partial charge in [-0.15, -0.1) is 0 Å². The van der Waals surface area contributed by atoms with Crippen molar-refractivity contribution in [3.8, 4) is 22.5 Å². The van der Waals surface area contributed by atoms with Crippen molar-refractivity contribution in [2.45, 2.75) is 13.5 Å². The van der Waals surface area contributed by atoms with Crippen molar-refractivity contribution in [1.29, 1.82) is 0 Å². The number of nitrogens with zero attached hydrogens (tertiary/aromatic N) is 2. The SMILES string of the molecule is Cc1c(-c2ccc(Cl)c(Cl)c2)nn(Cc2cccc(F)c2)c1-c1ccc(Cl)c(Cl)c1. The van der Waals surface area contributed by atoms with Crippen LogP contribution in [0.3, 0.4) is 0 Å². The molecule has 0 unspecified atom stereocenters. The summed E-state index contributed by atoms with van der Waals surface area (Å²) in [5.41, 5.74) is 5.03. The highest BCUT2D eigenvalue weighted by atomic mass is 35.5. The van der Waals surface area contributed by atoms with Gasteiger partial charge < -0.3 is 0 Å². The summed E-state index contributed by atoms with van der Waals surface area (Å²) >= 11 is 24.7. The maximum atomic E-state index is 13.7. The Labute approximate surface area is 193 Å².